The Morgan fingerprint density at radius 1 is 1.43 bits per heavy atom. The molecule has 1 aromatic rings. The van der Waals surface area contributed by atoms with Crippen LogP contribution in [0.4, 0.5) is 0 Å². The van der Waals surface area contributed by atoms with Gasteiger partial charge in [0.15, 0.2) is 0 Å². The SMILES string of the molecule is C[C@@H](O)[C@H]1C(=O)N2C(C(=O)O)=C(c3cc4n(n3)CCCC4)CC12. The third-order valence-corrected chi connectivity index (χ3v) is 5.16. The molecule has 4 heterocycles. The number of nitrogens with zero attached hydrogens (tertiary/aromatic N) is 3. The molecule has 3 aliphatic rings. The molecule has 0 aromatic carbocycles. The number of hydrogen-bond acceptors (Lipinski definition) is 4. The van der Waals surface area contributed by atoms with E-state index in [4.69, 9.17) is 0 Å². The Morgan fingerprint density at radius 3 is 2.87 bits per heavy atom. The van der Waals surface area contributed by atoms with Gasteiger partial charge < -0.3 is 15.1 Å². The van der Waals surface area contributed by atoms with Crippen molar-refractivity contribution in [1.82, 2.24) is 14.7 Å². The van der Waals surface area contributed by atoms with Crippen molar-refractivity contribution in [3.8, 4) is 0 Å². The number of hydrogen-bond donors (Lipinski definition) is 2. The maximum atomic E-state index is 12.2. The van der Waals surface area contributed by atoms with Crippen LogP contribution in [0.1, 0.15) is 37.6 Å². The third kappa shape index (κ3) is 1.96. The molecular formula is C16H19N3O4. The summed E-state index contributed by atoms with van der Waals surface area (Å²) < 4.78 is 1.94. The van der Waals surface area contributed by atoms with E-state index in [1.807, 2.05) is 10.7 Å². The van der Waals surface area contributed by atoms with Crippen LogP contribution in [-0.2, 0) is 22.6 Å². The van der Waals surface area contributed by atoms with E-state index in [-0.39, 0.29) is 17.6 Å². The average molecular weight is 317 g/mol. The van der Waals surface area contributed by atoms with E-state index in [0.29, 0.717) is 17.7 Å². The second-order valence-electron chi connectivity index (χ2n) is 6.58. The quantitative estimate of drug-likeness (QED) is 0.797. The van der Waals surface area contributed by atoms with Gasteiger partial charge in [0.1, 0.15) is 5.70 Å². The van der Waals surface area contributed by atoms with E-state index >= 15 is 0 Å². The fourth-order valence-electron chi connectivity index (χ4n) is 4.06. The number of aryl methyl sites for hydroxylation is 2. The lowest BCUT2D eigenvalue weighted by Crippen LogP contribution is -2.61. The highest BCUT2D eigenvalue weighted by atomic mass is 16.4. The van der Waals surface area contributed by atoms with Crippen LogP contribution in [0.2, 0.25) is 0 Å². The zero-order valence-electron chi connectivity index (χ0n) is 12.9. The average Bonchev–Trinajstić information content (AvgIpc) is 3.05. The minimum Gasteiger partial charge on any atom is -0.477 e. The molecule has 23 heavy (non-hydrogen) atoms. The number of aliphatic hydroxyl groups excluding tert-OH is 1. The fraction of sp³-hybridized carbons (Fsp3) is 0.562. The highest BCUT2D eigenvalue weighted by Crippen LogP contribution is 2.46. The fourth-order valence-corrected chi connectivity index (χ4v) is 4.06. The van der Waals surface area contributed by atoms with Gasteiger partial charge in [-0.25, -0.2) is 4.79 Å². The number of aliphatic hydroxyl groups is 1. The highest BCUT2D eigenvalue weighted by molar-refractivity contribution is 6.05. The lowest BCUT2D eigenvalue weighted by molar-refractivity contribution is -0.161. The molecule has 2 N–H and O–H groups in total. The zero-order chi connectivity index (χ0) is 16.3. The number of β-lactam (4-membered cyclic amide) rings is 1. The van der Waals surface area contributed by atoms with Crippen molar-refractivity contribution in [3.05, 3.63) is 23.2 Å². The summed E-state index contributed by atoms with van der Waals surface area (Å²) in [6, 6.07) is 1.69. The number of carbonyl (C=O) groups excluding carboxylic acids is 1. The summed E-state index contributed by atoms with van der Waals surface area (Å²) in [7, 11) is 0. The Labute approximate surface area is 133 Å². The third-order valence-electron chi connectivity index (χ3n) is 5.16. The lowest BCUT2D eigenvalue weighted by Gasteiger charge is -2.44. The summed E-state index contributed by atoms with van der Waals surface area (Å²) in [4.78, 5) is 25.2. The van der Waals surface area contributed by atoms with Crippen LogP contribution < -0.4 is 0 Å². The van der Waals surface area contributed by atoms with Crippen molar-refractivity contribution in [2.45, 2.75) is 51.3 Å². The predicted molar refractivity (Wildman–Crippen MR) is 80.1 cm³/mol. The molecule has 0 saturated carbocycles. The van der Waals surface area contributed by atoms with Gasteiger partial charge in [0, 0.05) is 17.8 Å². The molecule has 0 bridgehead atoms. The number of carboxylic acids is 1. The number of aromatic nitrogens is 2. The minimum absolute atomic E-state index is 0.0346. The summed E-state index contributed by atoms with van der Waals surface area (Å²) in [5, 5.41) is 23.9. The number of amides is 1. The Balaban J connectivity index is 1.74. The summed E-state index contributed by atoms with van der Waals surface area (Å²) in [5.74, 6) is -1.92. The molecule has 122 valence electrons. The topological polar surface area (TPSA) is 95.7 Å². The van der Waals surface area contributed by atoms with Gasteiger partial charge in [-0.3, -0.25) is 9.48 Å². The van der Waals surface area contributed by atoms with Gasteiger partial charge in [0.05, 0.1) is 23.8 Å². The van der Waals surface area contributed by atoms with Crippen LogP contribution in [0.15, 0.2) is 11.8 Å². The summed E-state index contributed by atoms with van der Waals surface area (Å²) in [6.07, 6.45) is 2.82. The standard InChI is InChI=1S/C16H19N3O4/c1-8(20)13-12-7-10(14(16(22)23)19(12)15(13)21)11-6-9-4-2-3-5-18(9)17-11/h6,8,12-13,20H,2-5,7H2,1H3,(H,22,23)/t8-,12?,13-/m1/s1. The molecular weight excluding hydrogens is 298 g/mol. The van der Waals surface area contributed by atoms with Gasteiger partial charge >= 0.3 is 5.97 Å². The van der Waals surface area contributed by atoms with Crippen molar-refractivity contribution < 1.29 is 19.8 Å². The molecule has 1 fully saturated rings. The Morgan fingerprint density at radius 2 is 2.22 bits per heavy atom. The first-order chi connectivity index (χ1) is 11.0. The molecule has 1 aromatic heterocycles. The summed E-state index contributed by atoms with van der Waals surface area (Å²) in [5.41, 5.74) is 2.43. The molecule has 1 saturated heterocycles. The number of fused-ring (bicyclic) bond motifs is 2. The van der Waals surface area contributed by atoms with Crippen LogP contribution in [0.25, 0.3) is 5.57 Å². The lowest BCUT2D eigenvalue weighted by atomic mass is 9.83. The van der Waals surface area contributed by atoms with Crippen molar-refractivity contribution in [2.24, 2.45) is 5.92 Å². The van der Waals surface area contributed by atoms with Crippen LogP contribution >= 0.6 is 0 Å². The van der Waals surface area contributed by atoms with Gasteiger partial charge in [0.25, 0.3) is 0 Å². The maximum absolute atomic E-state index is 12.2. The maximum Gasteiger partial charge on any atom is 0.352 e. The van der Waals surface area contributed by atoms with Gasteiger partial charge in [-0.2, -0.15) is 5.10 Å². The number of aliphatic carboxylic acids is 1. The van der Waals surface area contributed by atoms with Crippen molar-refractivity contribution in [3.63, 3.8) is 0 Å². The second-order valence-corrected chi connectivity index (χ2v) is 6.58. The normalized spacial score (nSPS) is 27.6. The Bertz CT molecular complexity index is 710. The molecule has 1 amide bonds. The molecule has 4 rings (SSSR count). The van der Waals surface area contributed by atoms with E-state index in [9.17, 15) is 19.8 Å². The van der Waals surface area contributed by atoms with Gasteiger partial charge in [-0.1, -0.05) is 0 Å². The van der Waals surface area contributed by atoms with Crippen LogP contribution in [0, 0.1) is 5.92 Å². The molecule has 1 unspecified atom stereocenters. The van der Waals surface area contributed by atoms with E-state index < -0.39 is 18.0 Å². The van der Waals surface area contributed by atoms with Gasteiger partial charge in [0.2, 0.25) is 5.91 Å². The second kappa shape index (κ2) is 4.92. The summed E-state index contributed by atoms with van der Waals surface area (Å²) >= 11 is 0. The first kappa shape index (κ1) is 14.4. The van der Waals surface area contributed by atoms with Crippen molar-refractivity contribution >= 4 is 17.4 Å². The molecule has 0 spiro atoms. The van der Waals surface area contributed by atoms with Crippen molar-refractivity contribution in [2.75, 3.05) is 0 Å². The Kier molecular flexibility index (Phi) is 3.09. The monoisotopic (exact) mass is 317 g/mol. The largest absolute Gasteiger partial charge is 0.477 e. The first-order valence-corrected chi connectivity index (χ1v) is 8.03. The first-order valence-electron chi connectivity index (χ1n) is 8.03. The minimum atomic E-state index is -1.11. The van der Waals surface area contributed by atoms with Crippen LogP contribution in [0.3, 0.4) is 0 Å². The zero-order valence-corrected chi connectivity index (χ0v) is 12.9. The van der Waals surface area contributed by atoms with E-state index in [0.717, 1.165) is 31.5 Å². The molecule has 7 heteroatoms. The molecule has 3 atom stereocenters. The Hall–Kier alpha value is -2.15. The van der Waals surface area contributed by atoms with Crippen LogP contribution in [-0.4, -0.2) is 48.9 Å². The predicted octanol–water partition coefficient (Wildman–Crippen LogP) is 0.627. The summed E-state index contributed by atoms with van der Waals surface area (Å²) in [6.45, 7) is 2.43. The number of carbonyl (C=O) groups is 2. The smallest absolute Gasteiger partial charge is 0.352 e. The van der Waals surface area contributed by atoms with E-state index in [1.165, 1.54) is 4.90 Å². The van der Waals surface area contributed by atoms with Gasteiger partial charge in [-0.15, -0.1) is 0 Å². The van der Waals surface area contributed by atoms with Crippen LogP contribution in [0.5, 0.6) is 0 Å². The number of rotatable bonds is 3. The van der Waals surface area contributed by atoms with E-state index in [2.05, 4.69) is 5.10 Å². The highest BCUT2D eigenvalue weighted by Gasteiger charge is 2.57. The number of carboxylic acid groups (broad SMARTS) is 1. The molecule has 3 aliphatic heterocycles. The molecule has 0 aliphatic carbocycles. The van der Waals surface area contributed by atoms with Crippen molar-refractivity contribution in [1.29, 1.82) is 0 Å². The molecule has 7 nitrogen and oxygen atoms in total. The molecule has 0 radical (unpaired) electrons. The van der Waals surface area contributed by atoms with E-state index in [1.54, 1.807) is 6.92 Å². The van der Waals surface area contributed by atoms with Gasteiger partial charge in [-0.05, 0) is 38.7 Å².